The number of benzene rings is 1. The molecule has 2 rings (SSSR count). The SMILES string of the molecule is CNCCNc1nccc2ccc(OC)cc12. The van der Waals surface area contributed by atoms with Crippen molar-refractivity contribution in [3.63, 3.8) is 0 Å². The quantitative estimate of drug-likeness (QED) is 0.771. The minimum absolute atomic E-state index is 0.847. The van der Waals surface area contributed by atoms with Crippen LogP contribution in [0.15, 0.2) is 30.5 Å². The third-order valence-electron chi connectivity index (χ3n) is 2.64. The normalized spacial score (nSPS) is 10.5. The van der Waals surface area contributed by atoms with E-state index in [1.807, 2.05) is 37.5 Å². The first kappa shape index (κ1) is 11.7. The third-order valence-corrected chi connectivity index (χ3v) is 2.64. The summed E-state index contributed by atoms with van der Waals surface area (Å²) < 4.78 is 5.24. The van der Waals surface area contributed by atoms with Gasteiger partial charge in [-0.05, 0) is 30.6 Å². The van der Waals surface area contributed by atoms with Crippen LogP contribution in [-0.2, 0) is 0 Å². The van der Waals surface area contributed by atoms with Crippen LogP contribution in [0.3, 0.4) is 0 Å². The average Bonchev–Trinajstić information content (AvgIpc) is 2.39. The Morgan fingerprint density at radius 3 is 2.88 bits per heavy atom. The van der Waals surface area contributed by atoms with E-state index in [0.29, 0.717) is 0 Å². The van der Waals surface area contributed by atoms with E-state index in [4.69, 9.17) is 4.74 Å². The fourth-order valence-electron chi connectivity index (χ4n) is 1.72. The first-order valence-corrected chi connectivity index (χ1v) is 5.66. The highest BCUT2D eigenvalue weighted by molar-refractivity contribution is 5.92. The summed E-state index contributed by atoms with van der Waals surface area (Å²) in [5.74, 6) is 1.75. The van der Waals surface area contributed by atoms with Crippen molar-refractivity contribution in [2.75, 3.05) is 32.6 Å². The van der Waals surface area contributed by atoms with Crippen LogP contribution in [0, 0.1) is 0 Å². The first-order valence-electron chi connectivity index (χ1n) is 5.66. The van der Waals surface area contributed by atoms with E-state index in [1.165, 1.54) is 0 Å². The Bertz CT molecular complexity index is 499. The highest BCUT2D eigenvalue weighted by Crippen LogP contribution is 2.25. The van der Waals surface area contributed by atoms with Crippen LogP contribution < -0.4 is 15.4 Å². The van der Waals surface area contributed by atoms with E-state index in [0.717, 1.165) is 35.4 Å². The summed E-state index contributed by atoms with van der Waals surface area (Å²) in [6.07, 6.45) is 1.82. The maximum atomic E-state index is 5.24. The molecule has 0 aliphatic rings. The van der Waals surface area contributed by atoms with Crippen molar-refractivity contribution in [1.82, 2.24) is 10.3 Å². The van der Waals surface area contributed by atoms with Gasteiger partial charge in [0.05, 0.1) is 7.11 Å². The molecule has 0 spiro atoms. The van der Waals surface area contributed by atoms with Gasteiger partial charge in [-0.3, -0.25) is 0 Å². The monoisotopic (exact) mass is 231 g/mol. The lowest BCUT2D eigenvalue weighted by atomic mass is 10.1. The summed E-state index contributed by atoms with van der Waals surface area (Å²) in [7, 11) is 3.60. The molecule has 2 aromatic rings. The van der Waals surface area contributed by atoms with Crippen LogP contribution in [0.5, 0.6) is 5.75 Å². The number of nitrogens with one attached hydrogen (secondary N) is 2. The van der Waals surface area contributed by atoms with Gasteiger partial charge in [-0.25, -0.2) is 4.98 Å². The van der Waals surface area contributed by atoms with Crippen molar-refractivity contribution in [1.29, 1.82) is 0 Å². The summed E-state index contributed by atoms with van der Waals surface area (Å²) in [5, 5.41) is 8.65. The van der Waals surface area contributed by atoms with Gasteiger partial charge in [0.1, 0.15) is 11.6 Å². The number of pyridine rings is 1. The molecule has 90 valence electrons. The molecule has 0 saturated heterocycles. The van der Waals surface area contributed by atoms with Gasteiger partial charge >= 0.3 is 0 Å². The lowest BCUT2D eigenvalue weighted by molar-refractivity contribution is 0.415. The van der Waals surface area contributed by atoms with Gasteiger partial charge in [-0.15, -0.1) is 0 Å². The highest BCUT2D eigenvalue weighted by Gasteiger charge is 2.03. The molecule has 0 saturated carbocycles. The second-order valence-corrected chi connectivity index (χ2v) is 3.78. The second kappa shape index (κ2) is 5.50. The number of fused-ring (bicyclic) bond motifs is 1. The Kier molecular flexibility index (Phi) is 3.77. The van der Waals surface area contributed by atoms with Crippen LogP contribution >= 0.6 is 0 Å². The summed E-state index contributed by atoms with van der Waals surface area (Å²) in [4.78, 5) is 4.36. The number of anilines is 1. The summed E-state index contributed by atoms with van der Waals surface area (Å²) in [6.45, 7) is 1.75. The molecule has 0 aliphatic carbocycles. The van der Waals surface area contributed by atoms with Gasteiger partial charge in [0.15, 0.2) is 0 Å². The topological polar surface area (TPSA) is 46.2 Å². The Balaban J connectivity index is 2.33. The largest absolute Gasteiger partial charge is 0.497 e. The molecule has 0 amide bonds. The van der Waals surface area contributed by atoms with Crippen LogP contribution in [-0.4, -0.2) is 32.2 Å². The molecule has 2 N–H and O–H groups in total. The standard InChI is InChI=1S/C13H17N3O/c1-14-7-8-16-13-12-9-11(17-2)4-3-10(12)5-6-15-13/h3-6,9,14H,7-8H2,1-2H3,(H,15,16). The fourth-order valence-corrected chi connectivity index (χ4v) is 1.72. The van der Waals surface area contributed by atoms with Crippen LogP contribution in [0.4, 0.5) is 5.82 Å². The number of methoxy groups -OCH3 is 1. The molecule has 0 radical (unpaired) electrons. The zero-order chi connectivity index (χ0) is 12.1. The van der Waals surface area contributed by atoms with E-state index in [2.05, 4.69) is 15.6 Å². The summed E-state index contributed by atoms with van der Waals surface area (Å²) >= 11 is 0. The number of likely N-dealkylation sites (N-methyl/N-ethyl adjacent to an activating group) is 1. The summed E-state index contributed by atoms with van der Waals surface area (Å²) in [6, 6.07) is 8.00. The molecular formula is C13H17N3O. The zero-order valence-electron chi connectivity index (χ0n) is 10.2. The van der Waals surface area contributed by atoms with Crippen molar-refractivity contribution < 1.29 is 4.74 Å². The molecule has 0 unspecified atom stereocenters. The van der Waals surface area contributed by atoms with Gasteiger partial charge in [-0.1, -0.05) is 6.07 Å². The molecule has 0 fully saturated rings. The molecule has 0 aliphatic heterocycles. The van der Waals surface area contributed by atoms with Gasteiger partial charge < -0.3 is 15.4 Å². The predicted octanol–water partition coefficient (Wildman–Crippen LogP) is 1.87. The molecule has 4 nitrogen and oxygen atoms in total. The van der Waals surface area contributed by atoms with Crippen molar-refractivity contribution in [2.45, 2.75) is 0 Å². The highest BCUT2D eigenvalue weighted by atomic mass is 16.5. The van der Waals surface area contributed by atoms with Gasteiger partial charge in [-0.2, -0.15) is 0 Å². The maximum absolute atomic E-state index is 5.24. The average molecular weight is 231 g/mol. The molecule has 17 heavy (non-hydrogen) atoms. The van der Waals surface area contributed by atoms with Crippen molar-refractivity contribution >= 4 is 16.6 Å². The Morgan fingerprint density at radius 2 is 2.12 bits per heavy atom. The van der Waals surface area contributed by atoms with E-state index < -0.39 is 0 Å². The van der Waals surface area contributed by atoms with E-state index in [9.17, 15) is 0 Å². The number of nitrogens with zero attached hydrogens (tertiary/aromatic N) is 1. The molecule has 1 aromatic carbocycles. The summed E-state index contributed by atoms with van der Waals surface area (Å²) in [5.41, 5.74) is 0. The third kappa shape index (κ3) is 2.65. The zero-order valence-corrected chi connectivity index (χ0v) is 10.2. The maximum Gasteiger partial charge on any atom is 0.133 e. The number of hydrogen-bond acceptors (Lipinski definition) is 4. The molecule has 4 heteroatoms. The molecule has 1 aromatic heterocycles. The van der Waals surface area contributed by atoms with E-state index >= 15 is 0 Å². The predicted molar refractivity (Wildman–Crippen MR) is 70.7 cm³/mol. The molecule has 0 atom stereocenters. The minimum atomic E-state index is 0.847. The molecule has 0 bridgehead atoms. The van der Waals surface area contributed by atoms with Gasteiger partial charge in [0.2, 0.25) is 0 Å². The Hall–Kier alpha value is -1.81. The van der Waals surface area contributed by atoms with E-state index in [1.54, 1.807) is 7.11 Å². The lowest BCUT2D eigenvalue weighted by Crippen LogP contribution is -2.18. The number of rotatable bonds is 5. The Labute approximate surface area is 101 Å². The fraction of sp³-hybridized carbons (Fsp3) is 0.308. The minimum Gasteiger partial charge on any atom is -0.497 e. The van der Waals surface area contributed by atoms with Crippen LogP contribution in [0.2, 0.25) is 0 Å². The number of ether oxygens (including phenoxy) is 1. The smallest absolute Gasteiger partial charge is 0.133 e. The van der Waals surface area contributed by atoms with Gasteiger partial charge in [0, 0.05) is 24.7 Å². The van der Waals surface area contributed by atoms with Crippen molar-refractivity contribution in [2.24, 2.45) is 0 Å². The van der Waals surface area contributed by atoms with Crippen molar-refractivity contribution in [3.8, 4) is 5.75 Å². The number of aromatic nitrogens is 1. The molecular weight excluding hydrogens is 214 g/mol. The second-order valence-electron chi connectivity index (χ2n) is 3.78. The van der Waals surface area contributed by atoms with Crippen molar-refractivity contribution in [3.05, 3.63) is 30.5 Å². The first-order chi connectivity index (χ1) is 8.35. The molecule has 1 heterocycles. The van der Waals surface area contributed by atoms with Crippen LogP contribution in [0.25, 0.3) is 10.8 Å². The number of hydrogen-bond donors (Lipinski definition) is 2. The van der Waals surface area contributed by atoms with Gasteiger partial charge in [0.25, 0.3) is 0 Å². The Morgan fingerprint density at radius 1 is 1.24 bits per heavy atom. The lowest BCUT2D eigenvalue weighted by Gasteiger charge is -2.09. The van der Waals surface area contributed by atoms with Crippen LogP contribution in [0.1, 0.15) is 0 Å². The van der Waals surface area contributed by atoms with E-state index in [-0.39, 0.29) is 0 Å².